The zero-order chi connectivity index (χ0) is 14.9. The maximum Gasteiger partial charge on any atom is 0.410 e. The molecular weight excluding hydrogens is 256 g/mol. The second-order valence-electron chi connectivity index (χ2n) is 6.35. The van der Waals surface area contributed by atoms with Gasteiger partial charge in [0.1, 0.15) is 11.4 Å². The van der Waals surface area contributed by atoms with E-state index in [1.807, 2.05) is 38.4 Å². The van der Waals surface area contributed by atoms with Gasteiger partial charge in [0, 0.05) is 19.2 Å². The highest BCUT2D eigenvalue weighted by Crippen LogP contribution is 2.25. The summed E-state index contributed by atoms with van der Waals surface area (Å²) in [5.74, 6) is 0.693. The van der Waals surface area contributed by atoms with E-state index in [1.165, 1.54) is 0 Å². The van der Waals surface area contributed by atoms with Gasteiger partial charge in [-0.25, -0.2) is 9.48 Å². The maximum atomic E-state index is 12.0. The molecule has 2 N–H and O–H groups in total. The Morgan fingerprint density at radius 3 is 2.45 bits per heavy atom. The molecule has 1 saturated heterocycles. The van der Waals surface area contributed by atoms with Crippen molar-refractivity contribution in [2.45, 2.75) is 52.2 Å². The van der Waals surface area contributed by atoms with Gasteiger partial charge in [-0.2, -0.15) is 5.10 Å². The molecule has 2 heterocycles. The molecule has 20 heavy (non-hydrogen) atoms. The Kier molecular flexibility index (Phi) is 3.92. The minimum atomic E-state index is -0.447. The zero-order valence-electron chi connectivity index (χ0n) is 12.7. The quantitative estimate of drug-likeness (QED) is 0.857. The van der Waals surface area contributed by atoms with E-state index in [-0.39, 0.29) is 12.1 Å². The maximum absolute atomic E-state index is 12.0. The molecular formula is C14H24N4O2. The van der Waals surface area contributed by atoms with Crippen molar-refractivity contribution in [3.05, 3.63) is 11.8 Å². The number of hydrogen-bond acceptors (Lipinski definition) is 4. The summed E-state index contributed by atoms with van der Waals surface area (Å²) in [5, 5.41) is 4.42. The molecule has 0 aliphatic carbocycles. The number of carbonyl (C=O) groups is 1. The van der Waals surface area contributed by atoms with E-state index in [1.54, 1.807) is 4.90 Å². The van der Waals surface area contributed by atoms with Gasteiger partial charge in [-0.1, -0.05) is 0 Å². The molecule has 1 aliphatic heterocycles. The number of hydrogen-bond donors (Lipinski definition) is 1. The van der Waals surface area contributed by atoms with Crippen LogP contribution in [0.1, 0.15) is 45.3 Å². The van der Waals surface area contributed by atoms with Crippen molar-refractivity contribution in [2.75, 3.05) is 18.8 Å². The topological polar surface area (TPSA) is 73.4 Å². The third kappa shape index (κ3) is 3.43. The van der Waals surface area contributed by atoms with E-state index >= 15 is 0 Å². The lowest BCUT2D eigenvalue weighted by molar-refractivity contribution is 0.0185. The van der Waals surface area contributed by atoms with Crippen LogP contribution in [-0.2, 0) is 4.74 Å². The third-order valence-electron chi connectivity index (χ3n) is 3.35. The van der Waals surface area contributed by atoms with E-state index in [0.29, 0.717) is 18.9 Å². The van der Waals surface area contributed by atoms with Gasteiger partial charge >= 0.3 is 6.09 Å². The number of ether oxygens (including phenoxy) is 1. The van der Waals surface area contributed by atoms with E-state index in [0.717, 1.165) is 18.5 Å². The standard InChI is InChI=1S/C14H24N4O2/c1-10-9-12(15)18(16-10)11-5-7-17(8-6-11)13(19)20-14(2,3)4/h9,11H,5-8,15H2,1-4H3. The minimum absolute atomic E-state index is 0.236. The largest absolute Gasteiger partial charge is 0.444 e. The Hall–Kier alpha value is -1.72. The van der Waals surface area contributed by atoms with Crippen molar-refractivity contribution in [2.24, 2.45) is 0 Å². The number of nitrogen functional groups attached to an aromatic ring is 1. The van der Waals surface area contributed by atoms with Gasteiger partial charge in [0.25, 0.3) is 0 Å². The van der Waals surface area contributed by atoms with Crippen LogP contribution in [0.25, 0.3) is 0 Å². The van der Waals surface area contributed by atoms with E-state index in [2.05, 4.69) is 5.10 Å². The summed E-state index contributed by atoms with van der Waals surface area (Å²) in [6, 6.07) is 2.14. The monoisotopic (exact) mass is 280 g/mol. The summed E-state index contributed by atoms with van der Waals surface area (Å²) in [4.78, 5) is 13.7. The number of aryl methyl sites for hydroxylation is 1. The summed E-state index contributed by atoms with van der Waals surface area (Å²) >= 11 is 0. The van der Waals surface area contributed by atoms with Crippen molar-refractivity contribution in [1.82, 2.24) is 14.7 Å². The summed E-state index contributed by atoms with van der Waals surface area (Å²) in [6.45, 7) is 8.93. The lowest BCUT2D eigenvalue weighted by Crippen LogP contribution is -2.42. The summed E-state index contributed by atoms with van der Waals surface area (Å²) in [7, 11) is 0. The number of rotatable bonds is 1. The Morgan fingerprint density at radius 2 is 2.00 bits per heavy atom. The molecule has 0 saturated carbocycles. The minimum Gasteiger partial charge on any atom is -0.444 e. The summed E-state index contributed by atoms with van der Waals surface area (Å²) < 4.78 is 7.26. The molecule has 1 fully saturated rings. The fourth-order valence-electron chi connectivity index (χ4n) is 2.45. The highest BCUT2D eigenvalue weighted by atomic mass is 16.6. The van der Waals surface area contributed by atoms with Crippen LogP contribution in [0.4, 0.5) is 10.6 Å². The molecule has 1 aromatic rings. The predicted molar refractivity (Wildman–Crippen MR) is 77.5 cm³/mol. The second-order valence-corrected chi connectivity index (χ2v) is 6.35. The van der Waals surface area contributed by atoms with Gasteiger partial charge in [0.2, 0.25) is 0 Å². The number of aromatic nitrogens is 2. The van der Waals surface area contributed by atoms with E-state index in [9.17, 15) is 4.79 Å². The Labute approximate surface area is 119 Å². The normalized spacial score (nSPS) is 17.3. The Morgan fingerprint density at radius 1 is 1.40 bits per heavy atom. The Bertz CT molecular complexity index is 482. The molecule has 1 aromatic heterocycles. The first kappa shape index (κ1) is 14.7. The fourth-order valence-corrected chi connectivity index (χ4v) is 2.45. The van der Waals surface area contributed by atoms with Crippen molar-refractivity contribution >= 4 is 11.9 Å². The van der Waals surface area contributed by atoms with Crippen molar-refractivity contribution in [1.29, 1.82) is 0 Å². The number of nitrogens with zero attached hydrogens (tertiary/aromatic N) is 3. The lowest BCUT2D eigenvalue weighted by Gasteiger charge is -2.33. The van der Waals surface area contributed by atoms with E-state index in [4.69, 9.17) is 10.5 Å². The second kappa shape index (κ2) is 5.34. The van der Waals surface area contributed by atoms with Crippen LogP contribution >= 0.6 is 0 Å². The molecule has 0 radical (unpaired) electrons. The zero-order valence-corrected chi connectivity index (χ0v) is 12.7. The number of anilines is 1. The molecule has 0 unspecified atom stereocenters. The highest BCUT2D eigenvalue weighted by Gasteiger charge is 2.28. The highest BCUT2D eigenvalue weighted by molar-refractivity contribution is 5.68. The molecule has 1 aliphatic rings. The number of likely N-dealkylation sites (tertiary alicyclic amines) is 1. The molecule has 0 bridgehead atoms. The lowest BCUT2D eigenvalue weighted by atomic mass is 10.1. The number of nitrogens with two attached hydrogens (primary N) is 1. The van der Waals surface area contributed by atoms with Gasteiger partial charge in [0.15, 0.2) is 0 Å². The first-order chi connectivity index (χ1) is 9.26. The molecule has 0 atom stereocenters. The third-order valence-corrected chi connectivity index (χ3v) is 3.35. The molecule has 1 amide bonds. The number of piperidine rings is 1. The molecule has 6 nitrogen and oxygen atoms in total. The van der Waals surface area contributed by atoms with Crippen LogP contribution in [0.3, 0.4) is 0 Å². The average molecular weight is 280 g/mol. The predicted octanol–water partition coefficient (Wildman–Crippen LogP) is 2.35. The van der Waals surface area contributed by atoms with Gasteiger partial charge in [-0.05, 0) is 40.5 Å². The SMILES string of the molecule is Cc1cc(N)n(C2CCN(C(=O)OC(C)(C)C)CC2)n1. The van der Waals surface area contributed by atoms with Gasteiger partial charge in [0.05, 0.1) is 11.7 Å². The molecule has 2 rings (SSSR count). The molecule has 0 aromatic carbocycles. The van der Waals surface area contributed by atoms with Crippen molar-refractivity contribution in [3.63, 3.8) is 0 Å². The smallest absolute Gasteiger partial charge is 0.410 e. The van der Waals surface area contributed by atoms with Crippen LogP contribution < -0.4 is 5.73 Å². The Balaban J connectivity index is 1.92. The van der Waals surface area contributed by atoms with Crippen LogP contribution in [0.2, 0.25) is 0 Å². The number of carbonyl (C=O) groups excluding carboxylic acids is 1. The molecule has 112 valence electrons. The molecule has 0 spiro atoms. The fraction of sp³-hybridized carbons (Fsp3) is 0.714. The van der Waals surface area contributed by atoms with Crippen LogP contribution in [0.15, 0.2) is 6.07 Å². The molecule has 6 heteroatoms. The van der Waals surface area contributed by atoms with Crippen LogP contribution in [0.5, 0.6) is 0 Å². The number of amides is 1. The summed E-state index contributed by atoms with van der Waals surface area (Å²) in [6.07, 6.45) is 1.47. The van der Waals surface area contributed by atoms with Crippen molar-refractivity contribution in [3.8, 4) is 0 Å². The van der Waals surface area contributed by atoms with Crippen LogP contribution in [-0.4, -0.2) is 39.5 Å². The van der Waals surface area contributed by atoms with Crippen LogP contribution in [0, 0.1) is 6.92 Å². The van der Waals surface area contributed by atoms with E-state index < -0.39 is 5.60 Å². The first-order valence-electron chi connectivity index (χ1n) is 7.06. The van der Waals surface area contributed by atoms with Crippen molar-refractivity contribution < 1.29 is 9.53 Å². The summed E-state index contributed by atoms with van der Waals surface area (Å²) in [5.41, 5.74) is 6.43. The first-order valence-corrected chi connectivity index (χ1v) is 7.06. The van der Waals surface area contributed by atoms with Gasteiger partial charge in [-0.3, -0.25) is 0 Å². The average Bonchev–Trinajstić information content (AvgIpc) is 2.66. The van der Waals surface area contributed by atoms with Gasteiger partial charge < -0.3 is 15.4 Å². The van der Waals surface area contributed by atoms with Gasteiger partial charge in [-0.15, -0.1) is 0 Å².